The molecule has 0 aliphatic rings. The maximum atomic E-state index is 4.98. The molecule has 0 saturated carbocycles. The number of hydrogen-bond acceptors (Lipinski definition) is 6. The van der Waals surface area contributed by atoms with E-state index in [1.54, 1.807) is 19.2 Å². The van der Waals surface area contributed by atoms with Crippen LogP contribution in [-0.4, -0.2) is 34.3 Å². The number of aryl methyl sites for hydroxylation is 1. The van der Waals surface area contributed by atoms with Crippen molar-refractivity contribution in [3.63, 3.8) is 0 Å². The molecular weight excluding hydrogens is 310 g/mol. The molecule has 19 heavy (non-hydrogen) atoms. The van der Waals surface area contributed by atoms with Crippen molar-refractivity contribution in [2.45, 2.75) is 13.3 Å². The number of methoxy groups -OCH3 is 1. The molecule has 6 nitrogen and oxygen atoms in total. The molecule has 2 heterocycles. The van der Waals surface area contributed by atoms with Crippen molar-refractivity contribution < 1.29 is 4.74 Å². The largest absolute Gasteiger partial charge is 0.480 e. The molecule has 0 unspecified atom stereocenters. The number of ether oxygens (including phenoxy) is 1. The molecule has 0 aromatic carbocycles. The fraction of sp³-hybridized carbons (Fsp3) is 0.333. The predicted octanol–water partition coefficient (Wildman–Crippen LogP) is 2.31. The number of anilines is 1. The van der Waals surface area contributed by atoms with Crippen LogP contribution >= 0.6 is 15.9 Å². The summed E-state index contributed by atoms with van der Waals surface area (Å²) in [6, 6.07) is 3.52. The van der Waals surface area contributed by atoms with Gasteiger partial charge < -0.3 is 10.1 Å². The second kappa shape index (κ2) is 5.92. The Morgan fingerprint density at radius 3 is 2.58 bits per heavy atom. The lowest BCUT2D eigenvalue weighted by Crippen LogP contribution is -2.04. The zero-order valence-electron chi connectivity index (χ0n) is 10.9. The molecule has 2 rings (SSSR count). The minimum atomic E-state index is 0.463. The summed E-state index contributed by atoms with van der Waals surface area (Å²) in [6.07, 6.45) is 0.800. The second-order valence-corrected chi connectivity index (χ2v) is 4.51. The van der Waals surface area contributed by atoms with Crippen molar-refractivity contribution in [2.24, 2.45) is 0 Å². The lowest BCUT2D eigenvalue weighted by atomic mass is 10.3. The zero-order chi connectivity index (χ0) is 13.8. The van der Waals surface area contributed by atoms with Gasteiger partial charge in [0.05, 0.1) is 17.3 Å². The highest BCUT2D eigenvalue weighted by Crippen LogP contribution is 2.26. The summed E-state index contributed by atoms with van der Waals surface area (Å²) in [5.41, 5.74) is 1.53. The molecule has 1 N–H and O–H groups in total. The summed E-state index contributed by atoms with van der Waals surface area (Å²) >= 11 is 3.49. The molecule has 0 spiro atoms. The molecule has 0 amide bonds. The quantitative estimate of drug-likeness (QED) is 0.930. The molecule has 100 valence electrons. The summed E-state index contributed by atoms with van der Waals surface area (Å²) in [4.78, 5) is 8.90. The Labute approximate surface area is 119 Å². The Balaban J connectivity index is 2.48. The average molecular weight is 324 g/mol. The van der Waals surface area contributed by atoms with Gasteiger partial charge in [0.1, 0.15) is 11.5 Å². The predicted molar refractivity (Wildman–Crippen MR) is 76.2 cm³/mol. The van der Waals surface area contributed by atoms with Crippen LogP contribution in [-0.2, 0) is 6.42 Å². The zero-order valence-corrected chi connectivity index (χ0v) is 12.5. The van der Waals surface area contributed by atoms with E-state index in [1.165, 1.54) is 0 Å². The number of hydrogen-bond donors (Lipinski definition) is 1. The van der Waals surface area contributed by atoms with Crippen LogP contribution in [0.25, 0.3) is 11.5 Å². The summed E-state index contributed by atoms with van der Waals surface area (Å²) in [7, 11) is 3.37. The van der Waals surface area contributed by atoms with Gasteiger partial charge in [-0.1, -0.05) is 6.92 Å². The van der Waals surface area contributed by atoms with Crippen LogP contribution in [0, 0.1) is 0 Å². The normalized spacial score (nSPS) is 10.3. The lowest BCUT2D eigenvalue weighted by Gasteiger charge is -2.09. The molecular formula is C12H14BrN5O. The van der Waals surface area contributed by atoms with Crippen LogP contribution in [0.2, 0.25) is 0 Å². The molecule has 0 saturated heterocycles. The van der Waals surface area contributed by atoms with Crippen molar-refractivity contribution in [1.29, 1.82) is 0 Å². The smallest absolute Gasteiger partial charge is 0.233 e. The standard InChI is InChI=1S/C12H14BrN5O/c1-4-7-10(13)12(14-2)16-11(15-7)8-5-6-9(19-3)18-17-8/h5-6H,4H2,1-3H3,(H,14,15,16). The minimum Gasteiger partial charge on any atom is -0.480 e. The first kappa shape index (κ1) is 13.7. The molecule has 7 heteroatoms. The number of aromatic nitrogens is 4. The lowest BCUT2D eigenvalue weighted by molar-refractivity contribution is 0.392. The van der Waals surface area contributed by atoms with Crippen LogP contribution in [0.4, 0.5) is 5.82 Å². The van der Waals surface area contributed by atoms with E-state index in [2.05, 4.69) is 41.4 Å². The topological polar surface area (TPSA) is 72.8 Å². The van der Waals surface area contributed by atoms with Gasteiger partial charge in [0.2, 0.25) is 5.88 Å². The van der Waals surface area contributed by atoms with Gasteiger partial charge in [-0.3, -0.25) is 0 Å². The maximum absolute atomic E-state index is 4.98. The molecule has 0 aliphatic heterocycles. The molecule has 0 fully saturated rings. The Morgan fingerprint density at radius 2 is 2.05 bits per heavy atom. The maximum Gasteiger partial charge on any atom is 0.233 e. The van der Waals surface area contributed by atoms with Gasteiger partial charge in [-0.05, 0) is 28.4 Å². The van der Waals surface area contributed by atoms with Crippen LogP contribution in [0.3, 0.4) is 0 Å². The van der Waals surface area contributed by atoms with Gasteiger partial charge in [-0.2, -0.15) is 0 Å². The van der Waals surface area contributed by atoms with Gasteiger partial charge in [0.25, 0.3) is 0 Å². The Bertz CT molecular complexity index is 548. The van der Waals surface area contributed by atoms with Crippen LogP contribution < -0.4 is 10.1 Å². The van der Waals surface area contributed by atoms with Crippen molar-refractivity contribution in [2.75, 3.05) is 19.5 Å². The molecule has 2 aromatic heterocycles. The van der Waals surface area contributed by atoms with Crippen LogP contribution in [0.15, 0.2) is 16.6 Å². The molecule has 0 atom stereocenters. The second-order valence-electron chi connectivity index (χ2n) is 3.72. The fourth-order valence-corrected chi connectivity index (χ4v) is 2.21. The number of rotatable bonds is 4. The Kier molecular flexibility index (Phi) is 4.26. The number of nitrogens with zero attached hydrogens (tertiary/aromatic N) is 4. The summed E-state index contributed by atoms with van der Waals surface area (Å²) in [6.45, 7) is 2.04. The van der Waals surface area contributed by atoms with E-state index in [0.29, 0.717) is 17.4 Å². The van der Waals surface area contributed by atoms with Gasteiger partial charge >= 0.3 is 0 Å². The highest BCUT2D eigenvalue weighted by molar-refractivity contribution is 9.10. The molecule has 0 bridgehead atoms. The van der Waals surface area contributed by atoms with E-state index in [-0.39, 0.29) is 0 Å². The molecule has 0 aliphatic carbocycles. The summed E-state index contributed by atoms with van der Waals surface area (Å²) < 4.78 is 5.86. The average Bonchev–Trinajstić information content (AvgIpc) is 2.47. The van der Waals surface area contributed by atoms with Gasteiger partial charge in [-0.15, -0.1) is 10.2 Å². The third-order valence-electron chi connectivity index (χ3n) is 2.57. The highest BCUT2D eigenvalue weighted by atomic mass is 79.9. The monoisotopic (exact) mass is 323 g/mol. The number of nitrogens with one attached hydrogen (secondary N) is 1. The molecule has 2 aromatic rings. The van der Waals surface area contributed by atoms with E-state index in [4.69, 9.17) is 4.74 Å². The van der Waals surface area contributed by atoms with Crippen molar-refractivity contribution >= 4 is 21.7 Å². The fourth-order valence-electron chi connectivity index (χ4n) is 1.56. The first-order chi connectivity index (χ1) is 9.19. The van der Waals surface area contributed by atoms with Gasteiger partial charge in [0.15, 0.2) is 5.82 Å². The minimum absolute atomic E-state index is 0.463. The van der Waals surface area contributed by atoms with E-state index in [1.807, 2.05) is 14.0 Å². The third kappa shape index (κ3) is 2.81. The number of halogens is 1. The summed E-state index contributed by atoms with van der Waals surface area (Å²) in [5.74, 6) is 1.74. The third-order valence-corrected chi connectivity index (χ3v) is 3.40. The van der Waals surface area contributed by atoms with E-state index < -0.39 is 0 Å². The molecule has 0 radical (unpaired) electrons. The SMILES string of the molecule is CCc1nc(-c2ccc(OC)nn2)nc(NC)c1Br. The first-order valence-electron chi connectivity index (χ1n) is 5.81. The summed E-state index contributed by atoms with van der Waals surface area (Å²) in [5, 5.41) is 11.0. The van der Waals surface area contributed by atoms with E-state index >= 15 is 0 Å². The van der Waals surface area contributed by atoms with Gasteiger partial charge in [-0.25, -0.2) is 9.97 Å². The van der Waals surface area contributed by atoms with Crippen molar-refractivity contribution in [1.82, 2.24) is 20.2 Å². The van der Waals surface area contributed by atoms with E-state index in [9.17, 15) is 0 Å². The Morgan fingerprint density at radius 1 is 1.26 bits per heavy atom. The Hall–Kier alpha value is -1.76. The van der Waals surface area contributed by atoms with Crippen molar-refractivity contribution in [3.8, 4) is 17.4 Å². The van der Waals surface area contributed by atoms with E-state index in [0.717, 1.165) is 22.4 Å². The first-order valence-corrected chi connectivity index (χ1v) is 6.61. The van der Waals surface area contributed by atoms with Crippen LogP contribution in [0.5, 0.6) is 5.88 Å². The van der Waals surface area contributed by atoms with Gasteiger partial charge in [0, 0.05) is 13.1 Å². The highest BCUT2D eigenvalue weighted by Gasteiger charge is 2.12. The van der Waals surface area contributed by atoms with Crippen LogP contribution in [0.1, 0.15) is 12.6 Å². The van der Waals surface area contributed by atoms with Crippen molar-refractivity contribution in [3.05, 3.63) is 22.3 Å².